The lowest BCUT2D eigenvalue weighted by Crippen LogP contribution is -2.53. The Hall–Kier alpha value is -1.71. The van der Waals surface area contributed by atoms with E-state index in [0.717, 1.165) is 30.1 Å². The van der Waals surface area contributed by atoms with E-state index in [2.05, 4.69) is 26.1 Å². The lowest BCUT2D eigenvalue weighted by molar-refractivity contribution is -0.118. The predicted molar refractivity (Wildman–Crippen MR) is 139 cm³/mol. The van der Waals surface area contributed by atoms with Crippen molar-refractivity contribution in [3.05, 3.63) is 29.6 Å². The number of fused-ring (bicyclic) bond motifs is 5. The monoisotopic (exact) mass is 481 g/mol. The first-order valence-electron chi connectivity index (χ1n) is 14.3. The number of amides is 1. The summed E-state index contributed by atoms with van der Waals surface area (Å²) in [5.41, 5.74) is 1.59. The predicted octanol–water partition coefficient (Wildman–Crippen LogP) is 8.04. The van der Waals surface area contributed by atoms with Gasteiger partial charge < -0.3 is 5.32 Å². The minimum atomic E-state index is -0.469. The SMILES string of the molecule is C[C@H](CCC(=O)Nc1ccc(F)cc1C=O)[C@H]1CCC2C3CCC4CCCCC4(C)C3CCC21C. The van der Waals surface area contributed by atoms with Crippen molar-refractivity contribution >= 4 is 17.9 Å². The summed E-state index contributed by atoms with van der Waals surface area (Å²) in [6.45, 7) is 7.60. The van der Waals surface area contributed by atoms with Crippen molar-refractivity contribution in [1.82, 2.24) is 0 Å². The van der Waals surface area contributed by atoms with E-state index in [1.807, 2.05) is 0 Å². The van der Waals surface area contributed by atoms with Gasteiger partial charge in [-0.3, -0.25) is 9.59 Å². The van der Waals surface area contributed by atoms with Crippen molar-refractivity contribution < 1.29 is 14.0 Å². The first kappa shape index (κ1) is 25.0. The first-order valence-corrected chi connectivity index (χ1v) is 14.3. The van der Waals surface area contributed by atoms with Crippen LogP contribution in [0.4, 0.5) is 10.1 Å². The van der Waals surface area contributed by atoms with E-state index in [4.69, 9.17) is 0 Å². The van der Waals surface area contributed by atoms with Crippen LogP contribution in [0.2, 0.25) is 0 Å². The molecule has 0 aliphatic heterocycles. The number of carbonyl (C=O) groups excluding carboxylic acids is 2. The van der Waals surface area contributed by atoms with E-state index in [0.29, 0.717) is 41.1 Å². The zero-order valence-electron chi connectivity index (χ0n) is 22.0. The Labute approximate surface area is 211 Å². The molecular formula is C31H44FNO2. The third-order valence-electron chi connectivity index (χ3n) is 11.6. The Morgan fingerprint density at radius 3 is 2.66 bits per heavy atom. The number of hydrogen-bond donors (Lipinski definition) is 1. The van der Waals surface area contributed by atoms with E-state index in [1.165, 1.54) is 82.4 Å². The summed E-state index contributed by atoms with van der Waals surface area (Å²) >= 11 is 0. The Bertz CT molecular complexity index is 961. The van der Waals surface area contributed by atoms with Crippen LogP contribution in [0.1, 0.15) is 108 Å². The van der Waals surface area contributed by atoms with E-state index in [-0.39, 0.29) is 11.5 Å². The highest BCUT2D eigenvalue weighted by Crippen LogP contribution is 2.68. The second-order valence-electron chi connectivity index (χ2n) is 13.0. The summed E-state index contributed by atoms with van der Waals surface area (Å²) < 4.78 is 13.4. The summed E-state index contributed by atoms with van der Waals surface area (Å²) in [5, 5.41) is 2.83. The number of hydrogen-bond acceptors (Lipinski definition) is 2. The first-order chi connectivity index (χ1) is 16.8. The smallest absolute Gasteiger partial charge is 0.224 e. The molecule has 1 aromatic rings. The fourth-order valence-corrected chi connectivity index (χ4v) is 9.79. The maximum Gasteiger partial charge on any atom is 0.224 e. The maximum atomic E-state index is 13.4. The Morgan fingerprint density at radius 1 is 1.06 bits per heavy atom. The van der Waals surface area contributed by atoms with Crippen molar-refractivity contribution in [3.63, 3.8) is 0 Å². The van der Waals surface area contributed by atoms with Crippen molar-refractivity contribution in [2.24, 2.45) is 46.3 Å². The van der Waals surface area contributed by atoms with Gasteiger partial charge in [-0.2, -0.15) is 0 Å². The normalized spacial score (nSPS) is 39.1. The van der Waals surface area contributed by atoms with Gasteiger partial charge in [0.05, 0.1) is 5.69 Å². The van der Waals surface area contributed by atoms with Gasteiger partial charge in [0.25, 0.3) is 0 Å². The Morgan fingerprint density at radius 2 is 1.86 bits per heavy atom. The molecule has 4 aliphatic carbocycles. The molecule has 1 amide bonds. The molecule has 5 rings (SSSR count). The van der Waals surface area contributed by atoms with E-state index in [9.17, 15) is 14.0 Å². The minimum absolute atomic E-state index is 0.0847. The van der Waals surface area contributed by atoms with E-state index < -0.39 is 5.82 Å². The van der Waals surface area contributed by atoms with Crippen LogP contribution in [-0.2, 0) is 4.79 Å². The molecule has 0 saturated heterocycles. The fraction of sp³-hybridized carbons (Fsp3) is 0.742. The van der Waals surface area contributed by atoms with Crippen molar-refractivity contribution in [1.29, 1.82) is 0 Å². The highest BCUT2D eigenvalue weighted by Gasteiger charge is 2.60. The molecule has 0 spiro atoms. The number of rotatable bonds is 6. The molecule has 0 bridgehead atoms. The average Bonchev–Trinajstić information content (AvgIpc) is 3.20. The largest absolute Gasteiger partial charge is 0.325 e. The summed E-state index contributed by atoms with van der Waals surface area (Å²) in [5.74, 6) is 4.31. The average molecular weight is 482 g/mol. The number of anilines is 1. The van der Waals surface area contributed by atoms with E-state index >= 15 is 0 Å². The molecule has 4 aliphatic rings. The van der Waals surface area contributed by atoms with Crippen molar-refractivity contribution in [2.75, 3.05) is 5.32 Å². The summed E-state index contributed by atoms with van der Waals surface area (Å²) in [6.07, 6.45) is 16.1. The number of aldehydes is 1. The zero-order chi connectivity index (χ0) is 24.8. The van der Waals surface area contributed by atoms with Crippen LogP contribution in [0, 0.1) is 52.2 Å². The second-order valence-corrected chi connectivity index (χ2v) is 13.0. The molecule has 8 atom stereocenters. The maximum absolute atomic E-state index is 13.4. The van der Waals surface area contributed by atoms with Crippen LogP contribution in [0.25, 0.3) is 0 Å². The molecule has 4 saturated carbocycles. The molecular weight excluding hydrogens is 437 g/mol. The highest BCUT2D eigenvalue weighted by molar-refractivity contribution is 5.96. The van der Waals surface area contributed by atoms with Gasteiger partial charge in [-0.1, -0.05) is 33.6 Å². The standard InChI is InChI=1S/C31H44FNO2/c1-20(7-14-29(35)33-28-13-9-23(32)18-21(28)19-34)25-11-12-26-24-10-8-22-6-4-5-16-30(22,2)27(24)15-17-31(25,26)3/h9,13,18-20,22,24-27H,4-8,10-12,14-17H2,1-3H3,(H,33,35)/t20-,22?,24?,25-,26?,27?,30?,31?/m1/s1. The summed E-state index contributed by atoms with van der Waals surface area (Å²) in [7, 11) is 0. The molecule has 1 N–H and O–H groups in total. The Balaban J connectivity index is 1.21. The van der Waals surface area contributed by atoms with Crippen LogP contribution in [0.5, 0.6) is 0 Å². The van der Waals surface area contributed by atoms with Gasteiger partial charge in [-0.05, 0) is 122 Å². The van der Waals surface area contributed by atoms with E-state index in [1.54, 1.807) is 0 Å². The molecule has 6 unspecified atom stereocenters. The topological polar surface area (TPSA) is 46.2 Å². The van der Waals surface area contributed by atoms with Crippen LogP contribution in [0.3, 0.4) is 0 Å². The number of carbonyl (C=O) groups is 2. The minimum Gasteiger partial charge on any atom is -0.325 e. The number of benzene rings is 1. The third kappa shape index (κ3) is 4.37. The Kier molecular flexibility index (Phi) is 6.87. The fourth-order valence-electron chi connectivity index (χ4n) is 9.79. The lowest BCUT2D eigenvalue weighted by Gasteiger charge is -2.61. The highest BCUT2D eigenvalue weighted by atomic mass is 19.1. The zero-order valence-corrected chi connectivity index (χ0v) is 22.0. The molecule has 0 aromatic heterocycles. The molecule has 0 heterocycles. The molecule has 1 aromatic carbocycles. The molecule has 35 heavy (non-hydrogen) atoms. The third-order valence-corrected chi connectivity index (χ3v) is 11.6. The number of nitrogens with one attached hydrogen (secondary N) is 1. The molecule has 4 fully saturated rings. The molecule has 192 valence electrons. The quantitative estimate of drug-likeness (QED) is 0.418. The van der Waals surface area contributed by atoms with Crippen LogP contribution in [0.15, 0.2) is 18.2 Å². The second kappa shape index (κ2) is 9.63. The van der Waals surface area contributed by atoms with Crippen LogP contribution >= 0.6 is 0 Å². The molecule has 3 nitrogen and oxygen atoms in total. The summed E-state index contributed by atoms with van der Waals surface area (Å²) in [6, 6.07) is 3.92. The van der Waals surface area contributed by atoms with Gasteiger partial charge in [0.2, 0.25) is 5.91 Å². The van der Waals surface area contributed by atoms with Crippen LogP contribution in [-0.4, -0.2) is 12.2 Å². The van der Waals surface area contributed by atoms with Gasteiger partial charge in [0, 0.05) is 12.0 Å². The van der Waals surface area contributed by atoms with Gasteiger partial charge in [0.15, 0.2) is 6.29 Å². The lowest BCUT2D eigenvalue weighted by atomic mass is 9.44. The van der Waals surface area contributed by atoms with Gasteiger partial charge >= 0.3 is 0 Å². The number of halogens is 1. The van der Waals surface area contributed by atoms with Gasteiger partial charge in [0.1, 0.15) is 5.82 Å². The molecule has 4 heteroatoms. The van der Waals surface area contributed by atoms with Crippen molar-refractivity contribution in [3.8, 4) is 0 Å². The van der Waals surface area contributed by atoms with Gasteiger partial charge in [-0.25, -0.2) is 4.39 Å². The van der Waals surface area contributed by atoms with Crippen molar-refractivity contribution in [2.45, 2.75) is 97.8 Å². The van der Waals surface area contributed by atoms with Gasteiger partial charge in [-0.15, -0.1) is 0 Å². The molecule has 0 radical (unpaired) electrons. The summed E-state index contributed by atoms with van der Waals surface area (Å²) in [4.78, 5) is 23.9. The van der Waals surface area contributed by atoms with Crippen LogP contribution < -0.4 is 5.32 Å².